The van der Waals surface area contributed by atoms with Crippen molar-refractivity contribution in [1.82, 2.24) is 5.32 Å². The summed E-state index contributed by atoms with van der Waals surface area (Å²) in [5.74, 6) is -0.245. The topological polar surface area (TPSA) is 105 Å². The zero-order valence-corrected chi connectivity index (χ0v) is 45.0. The first-order chi connectivity index (χ1) is 32.5. The number of quaternary nitrogens is 1. The van der Waals surface area contributed by atoms with E-state index in [0.717, 1.165) is 57.8 Å². The quantitative estimate of drug-likeness (QED) is 0.0243. The van der Waals surface area contributed by atoms with Gasteiger partial charge in [-0.2, -0.15) is 0 Å². The molecule has 0 aromatic heterocycles. The van der Waals surface area contributed by atoms with E-state index in [0.29, 0.717) is 17.4 Å². The fourth-order valence-corrected chi connectivity index (χ4v) is 8.30. The number of phosphoric acid groups is 1. The molecule has 0 aromatic rings. The summed E-state index contributed by atoms with van der Waals surface area (Å²) in [6.45, 7) is 4.64. The van der Waals surface area contributed by atoms with Crippen molar-refractivity contribution < 1.29 is 32.9 Å². The van der Waals surface area contributed by atoms with E-state index < -0.39 is 20.0 Å². The molecule has 0 aromatic carbocycles. The number of rotatable bonds is 49. The lowest BCUT2D eigenvalue weighted by Gasteiger charge is -2.25. The van der Waals surface area contributed by atoms with Gasteiger partial charge in [-0.25, -0.2) is 4.57 Å². The normalized spacial score (nSPS) is 14.7. The Hall–Kier alpha value is -2.32. The number of hydrogen-bond acceptors (Lipinski definition) is 5. The van der Waals surface area contributed by atoms with Crippen LogP contribution in [0.15, 0.2) is 85.1 Å². The number of aliphatic hydroxyl groups excluding tert-OH is 1. The molecule has 8 nitrogen and oxygen atoms in total. The van der Waals surface area contributed by atoms with Gasteiger partial charge in [-0.15, -0.1) is 0 Å². The van der Waals surface area contributed by atoms with E-state index in [1.54, 1.807) is 6.08 Å². The molecule has 0 rings (SSSR count). The van der Waals surface area contributed by atoms with E-state index in [-0.39, 0.29) is 25.5 Å². The predicted molar refractivity (Wildman–Crippen MR) is 290 cm³/mol. The predicted octanol–water partition coefficient (Wildman–Crippen LogP) is 16.5. The molecule has 0 aliphatic carbocycles. The molecule has 0 bridgehead atoms. The molecule has 0 aliphatic heterocycles. The standard InChI is InChI=1S/C58H105N2O6P/c1-6-8-10-12-14-16-18-20-22-24-25-26-27-28-29-30-31-32-33-34-36-37-39-41-43-45-47-49-51-57(61)56(55-66-67(63,64)65-54-53-60(3,4)5)59-58(62)52-50-48-46-44-42-40-38-35-23-21-19-17-15-13-11-9-7-2/h9,11,15,17,21,23,38,40-41,43-44,46,49,51,56-57,61H,6-8,10,12-14,16,18-20,22,24-37,39,42,45,47-48,50,52-55H2,1-5H3,(H-,59,62,63,64)/p+1/b11-9-,17-15-,23-21-,40-38-,43-41+,46-44-,51-49+. The van der Waals surface area contributed by atoms with Crippen LogP contribution in [0.3, 0.4) is 0 Å². The third-order valence-corrected chi connectivity index (χ3v) is 12.8. The van der Waals surface area contributed by atoms with Gasteiger partial charge in [-0.1, -0.05) is 234 Å². The number of nitrogens with one attached hydrogen (secondary N) is 1. The van der Waals surface area contributed by atoms with Crippen LogP contribution in [-0.2, 0) is 18.4 Å². The van der Waals surface area contributed by atoms with Crippen molar-refractivity contribution in [2.45, 2.75) is 238 Å². The molecule has 3 atom stereocenters. The second-order valence-corrected chi connectivity index (χ2v) is 21.0. The Morgan fingerprint density at radius 3 is 1.37 bits per heavy atom. The molecule has 0 aliphatic rings. The van der Waals surface area contributed by atoms with Gasteiger partial charge in [-0.05, 0) is 70.6 Å². The maximum Gasteiger partial charge on any atom is 0.472 e. The maximum atomic E-state index is 12.9. The number of likely N-dealkylation sites (N-methyl/N-ethyl adjacent to an activating group) is 1. The highest BCUT2D eigenvalue weighted by molar-refractivity contribution is 7.47. The van der Waals surface area contributed by atoms with Crippen molar-refractivity contribution in [3.8, 4) is 0 Å². The maximum absolute atomic E-state index is 12.9. The second-order valence-electron chi connectivity index (χ2n) is 19.6. The van der Waals surface area contributed by atoms with Crippen LogP contribution < -0.4 is 5.32 Å². The van der Waals surface area contributed by atoms with E-state index in [1.807, 2.05) is 27.2 Å². The second kappa shape index (κ2) is 48.7. The number of aliphatic hydroxyl groups is 1. The van der Waals surface area contributed by atoms with Crippen LogP contribution >= 0.6 is 7.82 Å². The molecule has 0 saturated heterocycles. The average Bonchev–Trinajstić information content (AvgIpc) is 3.29. The van der Waals surface area contributed by atoms with Gasteiger partial charge in [0.25, 0.3) is 0 Å². The van der Waals surface area contributed by atoms with Crippen LogP contribution in [0.4, 0.5) is 0 Å². The molecular formula is C58H106N2O6P+. The first-order valence-corrected chi connectivity index (χ1v) is 29.0. The highest BCUT2D eigenvalue weighted by Gasteiger charge is 2.27. The number of hydrogen-bond donors (Lipinski definition) is 3. The van der Waals surface area contributed by atoms with Crippen LogP contribution in [0.25, 0.3) is 0 Å². The Bertz CT molecular complexity index is 1360. The third-order valence-electron chi connectivity index (χ3n) is 11.8. The van der Waals surface area contributed by atoms with Gasteiger partial charge in [-0.3, -0.25) is 13.8 Å². The number of nitrogens with zero attached hydrogens (tertiary/aromatic N) is 1. The Morgan fingerprint density at radius 2 is 0.910 bits per heavy atom. The van der Waals surface area contributed by atoms with Crippen molar-refractivity contribution in [2.75, 3.05) is 40.9 Å². The van der Waals surface area contributed by atoms with Crippen molar-refractivity contribution in [3.63, 3.8) is 0 Å². The molecule has 0 saturated carbocycles. The lowest BCUT2D eigenvalue weighted by atomic mass is 10.0. The fourth-order valence-electron chi connectivity index (χ4n) is 7.56. The van der Waals surface area contributed by atoms with E-state index >= 15 is 0 Å². The minimum Gasteiger partial charge on any atom is -0.387 e. The van der Waals surface area contributed by atoms with E-state index in [1.165, 1.54) is 141 Å². The molecule has 3 unspecified atom stereocenters. The molecule has 0 radical (unpaired) electrons. The molecule has 67 heavy (non-hydrogen) atoms. The molecular weight excluding hydrogens is 852 g/mol. The fraction of sp³-hybridized carbons (Fsp3) is 0.741. The van der Waals surface area contributed by atoms with Crippen molar-refractivity contribution >= 4 is 13.7 Å². The summed E-state index contributed by atoms with van der Waals surface area (Å²) >= 11 is 0. The average molecular weight is 958 g/mol. The third kappa shape index (κ3) is 51.4. The van der Waals surface area contributed by atoms with Gasteiger partial charge in [0, 0.05) is 6.42 Å². The minimum absolute atomic E-state index is 0.0414. The minimum atomic E-state index is -4.37. The van der Waals surface area contributed by atoms with Gasteiger partial charge in [0.1, 0.15) is 13.2 Å². The summed E-state index contributed by atoms with van der Waals surface area (Å²) < 4.78 is 23.6. The van der Waals surface area contributed by atoms with Gasteiger partial charge < -0.3 is 19.8 Å². The molecule has 3 N–H and O–H groups in total. The molecule has 388 valence electrons. The highest BCUT2D eigenvalue weighted by atomic mass is 31.2. The first kappa shape index (κ1) is 64.7. The van der Waals surface area contributed by atoms with Crippen molar-refractivity contribution in [2.24, 2.45) is 0 Å². The molecule has 0 heterocycles. The van der Waals surface area contributed by atoms with Crippen LogP contribution in [0.1, 0.15) is 226 Å². The largest absolute Gasteiger partial charge is 0.472 e. The lowest BCUT2D eigenvalue weighted by Crippen LogP contribution is -2.45. The lowest BCUT2D eigenvalue weighted by molar-refractivity contribution is -0.870. The van der Waals surface area contributed by atoms with Gasteiger partial charge in [0.05, 0.1) is 39.9 Å². The summed E-state index contributed by atoms with van der Waals surface area (Å²) in [6.07, 6.45) is 68.5. The Balaban J connectivity index is 4.32. The molecule has 9 heteroatoms. The number of allylic oxidation sites excluding steroid dienone is 13. The Morgan fingerprint density at radius 1 is 0.522 bits per heavy atom. The van der Waals surface area contributed by atoms with Crippen LogP contribution in [0, 0.1) is 0 Å². The smallest absolute Gasteiger partial charge is 0.387 e. The summed E-state index contributed by atoms with van der Waals surface area (Å²) in [7, 11) is 1.51. The van der Waals surface area contributed by atoms with Gasteiger partial charge >= 0.3 is 7.82 Å². The Kier molecular flexibility index (Phi) is 47.0. The highest BCUT2D eigenvalue weighted by Crippen LogP contribution is 2.43. The zero-order chi connectivity index (χ0) is 49.2. The number of amides is 1. The number of carbonyl (C=O) groups is 1. The molecule has 0 fully saturated rings. The SMILES string of the molecule is CC/C=C\C/C=C\C/C=C\C/C=C\C/C=C\CCCC(=O)NC(COP(=O)(O)OCC[N+](C)(C)C)C(O)/C=C/CC/C=C/CCCCCCCCCCCCCCCCCCCCCCCC. The van der Waals surface area contributed by atoms with E-state index in [2.05, 4.69) is 92.1 Å². The van der Waals surface area contributed by atoms with E-state index in [4.69, 9.17) is 9.05 Å². The summed E-state index contributed by atoms with van der Waals surface area (Å²) in [5.41, 5.74) is 0. The summed E-state index contributed by atoms with van der Waals surface area (Å²) in [6, 6.07) is -0.899. The molecule has 0 spiro atoms. The van der Waals surface area contributed by atoms with Crippen LogP contribution in [0.2, 0.25) is 0 Å². The number of carbonyl (C=O) groups excluding carboxylic acids is 1. The summed E-state index contributed by atoms with van der Waals surface area (Å²) in [5, 5.41) is 13.8. The first-order valence-electron chi connectivity index (χ1n) is 27.5. The summed E-state index contributed by atoms with van der Waals surface area (Å²) in [4.78, 5) is 23.2. The monoisotopic (exact) mass is 958 g/mol. The van der Waals surface area contributed by atoms with Crippen LogP contribution in [-0.4, -0.2) is 73.4 Å². The zero-order valence-electron chi connectivity index (χ0n) is 44.1. The van der Waals surface area contributed by atoms with Gasteiger partial charge in [0.15, 0.2) is 0 Å². The van der Waals surface area contributed by atoms with Gasteiger partial charge in [0.2, 0.25) is 5.91 Å². The van der Waals surface area contributed by atoms with Crippen LogP contribution in [0.5, 0.6) is 0 Å². The Labute approximate surface area is 414 Å². The van der Waals surface area contributed by atoms with Crippen molar-refractivity contribution in [1.29, 1.82) is 0 Å². The van der Waals surface area contributed by atoms with E-state index in [9.17, 15) is 19.4 Å². The van der Waals surface area contributed by atoms with Crippen molar-refractivity contribution in [3.05, 3.63) is 85.1 Å². The number of phosphoric ester groups is 1. The number of unbranched alkanes of at least 4 members (excludes halogenated alkanes) is 24. The molecule has 1 amide bonds.